The van der Waals surface area contributed by atoms with Crippen LogP contribution >= 0.6 is 11.3 Å². The molecule has 158 valence electrons. The van der Waals surface area contributed by atoms with Crippen molar-refractivity contribution in [2.24, 2.45) is 0 Å². The van der Waals surface area contributed by atoms with Crippen molar-refractivity contribution in [1.82, 2.24) is 19.9 Å². The van der Waals surface area contributed by atoms with Gasteiger partial charge in [0.1, 0.15) is 5.75 Å². The number of carbonyl (C=O) groups excluding carboxylic acids is 1. The Kier molecular flexibility index (Phi) is 6.76. The van der Waals surface area contributed by atoms with E-state index >= 15 is 0 Å². The summed E-state index contributed by atoms with van der Waals surface area (Å²) in [4.78, 5) is 22.8. The topological polar surface area (TPSA) is 71.7 Å². The fourth-order valence-corrected chi connectivity index (χ4v) is 4.23. The predicted molar refractivity (Wildman–Crippen MR) is 116 cm³/mol. The van der Waals surface area contributed by atoms with Crippen LogP contribution in [0, 0.1) is 0 Å². The molecule has 4 rings (SSSR count). The van der Waals surface area contributed by atoms with Gasteiger partial charge in [0.25, 0.3) is 0 Å². The van der Waals surface area contributed by atoms with E-state index in [0.717, 1.165) is 50.5 Å². The first kappa shape index (κ1) is 20.6. The van der Waals surface area contributed by atoms with E-state index in [2.05, 4.69) is 32.6 Å². The summed E-state index contributed by atoms with van der Waals surface area (Å²) in [6.45, 7) is 4.48. The van der Waals surface area contributed by atoms with Gasteiger partial charge in [-0.2, -0.15) is 4.98 Å². The van der Waals surface area contributed by atoms with Gasteiger partial charge in [-0.3, -0.25) is 9.69 Å². The number of aromatic nitrogens is 2. The number of rotatable bonds is 8. The smallest absolute Gasteiger partial charge is 0.227 e. The maximum absolute atomic E-state index is 12.6. The van der Waals surface area contributed by atoms with Crippen LogP contribution in [0.15, 0.2) is 46.3 Å². The molecule has 1 aliphatic heterocycles. The molecule has 1 fully saturated rings. The van der Waals surface area contributed by atoms with E-state index in [4.69, 9.17) is 9.26 Å². The number of thiophene rings is 1. The zero-order valence-electron chi connectivity index (χ0n) is 17.1. The number of aryl methyl sites for hydroxylation is 1. The number of hydrogen-bond donors (Lipinski definition) is 0. The van der Waals surface area contributed by atoms with Gasteiger partial charge in [0.15, 0.2) is 0 Å². The molecule has 0 unspecified atom stereocenters. The number of hydrogen-bond acceptors (Lipinski definition) is 7. The average Bonchev–Trinajstić information content (AvgIpc) is 3.49. The zero-order valence-corrected chi connectivity index (χ0v) is 17.9. The minimum Gasteiger partial charge on any atom is -0.497 e. The Morgan fingerprint density at radius 1 is 1.13 bits per heavy atom. The first-order valence-electron chi connectivity index (χ1n) is 10.2. The highest BCUT2D eigenvalue weighted by Gasteiger charge is 2.21. The van der Waals surface area contributed by atoms with E-state index in [9.17, 15) is 4.79 Å². The summed E-state index contributed by atoms with van der Waals surface area (Å²) in [6, 6.07) is 11.8. The van der Waals surface area contributed by atoms with Crippen LogP contribution in [-0.2, 0) is 17.6 Å². The Morgan fingerprint density at radius 2 is 1.93 bits per heavy atom. The Bertz CT molecular complexity index is 932. The van der Waals surface area contributed by atoms with Crippen LogP contribution < -0.4 is 4.74 Å². The summed E-state index contributed by atoms with van der Waals surface area (Å²) >= 11 is 1.81. The molecule has 0 atom stereocenters. The minimum absolute atomic E-state index is 0.150. The highest BCUT2D eigenvalue weighted by atomic mass is 32.1. The fraction of sp³-hybridized carbons (Fsp3) is 0.409. The third kappa shape index (κ3) is 5.25. The van der Waals surface area contributed by atoms with Crippen molar-refractivity contribution in [3.8, 4) is 17.1 Å². The van der Waals surface area contributed by atoms with Gasteiger partial charge >= 0.3 is 0 Å². The second-order valence-corrected chi connectivity index (χ2v) is 8.32. The second-order valence-electron chi connectivity index (χ2n) is 7.29. The Morgan fingerprint density at radius 3 is 2.63 bits per heavy atom. The Balaban J connectivity index is 1.21. The fourth-order valence-electron chi connectivity index (χ4n) is 3.53. The first-order valence-corrected chi connectivity index (χ1v) is 11.1. The van der Waals surface area contributed by atoms with Gasteiger partial charge in [-0.05, 0) is 42.1 Å². The van der Waals surface area contributed by atoms with Crippen LogP contribution in [0.25, 0.3) is 11.4 Å². The van der Waals surface area contributed by atoms with Gasteiger partial charge < -0.3 is 14.2 Å². The molecule has 1 saturated heterocycles. The number of piperazine rings is 1. The summed E-state index contributed by atoms with van der Waals surface area (Å²) in [7, 11) is 1.63. The van der Waals surface area contributed by atoms with Crippen LogP contribution in [0.2, 0.25) is 0 Å². The molecule has 0 aliphatic carbocycles. The maximum Gasteiger partial charge on any atom is 0.227 e. The highest BCUT2D eigenvalue weighted by Crippen LogP contribution is 2.20. The van der Waals surface area contributed by atoms with Crippen molar-refractivity contribution in [3.05, 3.63) is 52.5 Å². The molecule has 1 aliphatic rings. The molecule has 30 heavy (non-hydrogen) atoms. The number of nitrogens with zero attached hydrogens (tertiary/aromatic N) is 4. The lowest BCUT2D eigenvalue weighted by Crippen LogP contribution is -2.49. The quantitative estimate of drug-likeness (QED) is 0.551. The van der Waals surface area contributed by atoms with Crippen molar-refractivity contribution >= 4 is 17.2 Å². The Hall–Kier alpha value is -2.71. The van der Waals surface area contributed by atoms with E-state index in [-0.39, 0.29) is 5.91 Å². The molecule has 0 radical (unpaired) electrons. The van der Waals surface area contributed by atoms with Crippen LogP contribution in [0.1, 0.15) is 17.2 Å². The lowest BCUT2D eigenvalue weighted by atomic mass is 10.2. The molecule has 2 aromatic heterocycles. The molecule has 3 heterocycles. The van der Waals surface area contributed by atoms with Crippen molar-refractivity contribution in [1.29, 1.82) is 0 Å². The number of methoxy groups -OCH3 is 1. The lowest BCUT2D eigenvalue weighted by Gasteiger charge is -2.34. The third-order valence-corrected chi connectivity index (χ3v) is 6.28. The monoisotopic (exact) mass is 426 g/mol. The van der Waals surface area contributed by atoms with Gasteiger partial charge in [0, 0.05) is 56.0 Å². The minimum atomic E-state index is 0.150. The number of carbonyl (C=O) groups is 1. The number of amides is 1. The molecule has 1 aromatic carbocycles. The van der Waals surface area contributed by atoms with Crippen molar-refractivity contribution in [3.63, 3.8) is 0 Å². The molecule has 8 heteroatoms. The van der Waals surface area contributed by atoms with Crippen molar-refractivity contribution in [2.45, 2.75) is 19.3 Å². The molecule has 7 nitrogen and oxygen atoms in total. The van der Waals surface area contributed by atoms with Crippen LogP contribution in [0.4, 0.5) is 0 Å². The SMILES string of the molecule is COc1ccc(-c2noc(CCC(=O)N3CCN(CCc4cccs4)CC3)n2)cc1. The van der Waals surface area contributed by atoms with Crippen molar-refractivity contribution in [2.75, 3.05) is 39.8 Å². The normalized spacial score (nSPS) is 14.8. The molecule has 0 N–H and O–H groups in total. The number of benzene rings is 1. The van der Waals surface area contributed by atoms with Crippen LogP contribution in [0.5, 0.6) is 5.75 Å². The van der Waals surface area contributed by atoms with Gasteiger partial charge in [-0.1, -0.05) is 11.2 Å². The van der Waals surface area contributed by atoms with E-state index in [0.29, 0.717) is 24.6 Å². The third-order valence-electron chi connectivity index (χ3n) is 5.35. The van der Waals surface area contributed by atoms with Gasteiger partial charge in [-0.15, -0.1) is 11.3 Å². The largest absolute Gasteiger partial charge is 0.497 e. The van der Waals surface area contributed by atoms with Crippen LogP contribution in [0.3, 0.4) is 0 Å². The van der Waals surface area contributed by atoms with E-state index in [1.807, 2.05) is 29.2 Å². The summed E-state index contributed by atoms with van der Waals surface area (Å²) in [5, 5.41) is 6.15. The second kappa shape index (κ2) is 9.86. The molecule has 1 amide bonds. The van der Waals surface area contributed by atoms with Crippen molar-refractivity contribution < 1.29 is 14.1 Å². The van der Waals surface area contributed by atoms with Gasteiger partial charge in [0.2, 0.25) is 17.6 Å². The van der Waals surface area contributed by atoms with E-state index < -0.39 is 0 Å². The van der Waals surface area contributed by atoms with E-state index in [1.165, 1.54) is 4.88 Å². The molecule has 0 spiro atoms. The first-order chi connectivity index (χ1) is 14.7. The highest BCUT2D eigenvalue weighted by molar-refractivity contribution is 7.09. The number of ether oxygens (including phenoxy) is 1. The standard InChI is InChI=1S/C22H26N4O3S/c1-28-18-6-4-17(5-7-18)22-23-20(29-24-22)8-9-21(27)26-14-12-25(13-15-26)11-10-19-3-2-16-30-19/h2-7,16H,8-15H2,1H3. The van der Waals surface area contributed by atoms with E-state index in [1.54, 1.807) is 18.4 Å². The summed E-state index contributed by atoms with van der Waals surface area (Å²) in [6.07, 6.45) is 1.93. The predicted octanol–water partition coefficient (Wildman–Crippen LogP) is 3.13. The molecule has 0 saturated carbocycles. The molecular weight excluding hydrogens is 400 g/mol. The zero-order chi connectivity index (χ0) is 20.8. The van der Waals surface area contributed by atoms with Gasteiger partial charge in [0.05, 0.1) is 7.11 Å². The lowest BCUT2D eigenvalue weighted by molar-refractivity contribution is -0.133. The van der Waals surface area contributed by atoms with Gasteiger partial charge in [-0.25, -0.2) is 0 Å². The molecule has 0 bridgehead atoms. The summed E-state index contributed by atoms with van der Waals surface area (Å²) in [5.74, 6) is 1.94. The van der Waals surface area contributed by atoms with Crippen LogP contribution in [-0.4, -0.2) is 65.7 Å². The summed E-state index contributed by atoms with van der Waals surface area (Å²) in [5.41, 5.74) is 0.857. The maximum atomic E-state index is 12.6. The Labute approximate surface area is 180 Å². The summed E-state index contributed by atoms with van der Waals surface area (Å²) < 4.78 is 10.5. The average molecular weight is 427 g/mol. The molecular formula is C22H26N4O3S. The molecule has 3 aromatic rings.